The first-order valence-electron chi connectivity index (χ1n) is 5.80. The molecule has 1 unspecified atom stereocenters. The van der Waals surface area contributed by atoms with Gasteiger partial charge in [0.15, 0.2) is 11.5 Å². The molecule has 0 spiro atoms. The average molecular weight is 285 g/mol. The van der Waals surface area contributed by atoms with Crippen molar-refractivity contribution < 1.29 is 9.21 Å². The number of halogens is 1. The summed E-state index contributed by atoms with van der Waals surface area (Å²) in [5, 5.41) is 9.46. The second-order valence-electron chi connectivity index (χ2n) is 4.17. The van der Waals surface area contributed by atoms with Crippen LogP contribution in [0.2, 0.25) is 0 Å². The Morgan fingerprint density at radius 2 is 2.42 bits per heavy atom. The summed E-state index contributed by atoms with van der Waals surface area (Å²) in [7, 11) is 0. The highest BCUT2D eigenvalue weighted by atomic mass is 35.5. The van der Waals surface area contributed by atoms with Crippen LogP contribution < -0.4 is 11.1 Å². The van der Waals surface area contributed by atoms with Crippen molar-refractivity contribution in [2.24, 2.45) is 5.73 Å². The summed E-state index contributed by atoms with van der Waals surface area (Å²) in [6.45, 7) is 2.44. The molecular formula is C12H17ClN4O2. The van der Waals surface area contributed by atoms with Crippen molar-refractivity contribution >= 4 is 18.3 Å². The van der Waals surface area contributed by atoms with Gasteiger partial charge in [0.1, 0.15) is 5.69 Å². The van der Waals surface area contributed by atoms with Gasteiger partial charge in [0, 0.05) is 18.7 Å². The Bertz CT molecular complexity index is 508. The number of hydrogen-bond acceptors (Lipinski definition) is 4. The summed E-state index contributed by atoms with van der Waals surface area (Å²) in [5.74, 6) is 0.432. The molecular weight excluding hydrogens is 268 g/mol. The van der Waals surface area contributed by atoms with E-state index in [1.54, 1.807) is 24.5 Å². The summed E-state index contributed by atoms with van der Waals surface area (Å²) in [4.78, 5) is 11.7. The van der Waals surface area contributed by atoms with E-state index in [4.69, 9.17) is 10.2 Å². The lowest BCUT2D eigenvalue weighted by molar-refractivity contribution is 0.0948. The fourth-order valence-electron chi connectivity index (χ4n) is 1.50. The minimum atomic E-state index is -0.218. The number of carbonyl (C=O) groups excluding carboxylic acids is 1. The Morgan fingerprint density at radius 1 is 1.63 bits per heavy atom. The number of furan rings is 1. The second-order valence-corrected chi connectivity index (χ2v) is 4.17. The fraction of sp³-hybridized carbons (Fsp3) is 0.333. The van der Waals surface area contributed by atoms with Gasteiger partial charge < -0.3 is 15.5 Å². The van der Waals surface area contributed by atoms with Gasteiger partial charge in [-0.2, -0.15) is 5.10 Å². The first kappa shape index (κ1) is 15.3. The summed E-state index contributed by atoms with van der Waals surface area (Å²) < 4.78 is 5.21. The molecule has 0 saturated carbocycles. The van der Waals surface area contributed by atoms with E-state index in [0.717, 1.165) is 6.42 Å². The molecule has 0 aliphatic heterocycles. The number of rotatable bonds is 5. The van der Waals surface area contributed by atoms with Crippen molar-refractivity contribution in [2.45, 2.75) is 19.4 Å². The van der Waals surface area contributed by atoms with Gasteiger partial charge in [-0.3, -0.25) is 9.89 Å². The fourth-order valence-corrected chi connectivity index (χ4v) is 1.50. The van der Waals surface area contributed by atoms with Crippen LogP contribution in [0.15, 0.2) is 28.9 Å². The maximum absolute atomic E-state index is 11.7. The Morgan fingerprint density at radius 3 is 3.05 bits per heavy atom. The predicted octanol–water partition coefficient (Wildman–Crippen LogP) is 1.56. The molecule has 19 heavy (non-hydrogen) atoms. The molecule has 0 aliphatic rings. The van der Waals surface area contributed by atoms with Crippen LogP contribution in [-0.4, -0.2) is 28.7 Å². The highest BCUT2D eigenvalue weighted by Gasteiger charge is 2.12. The van der Waals surface area contributed by atoms with E-state index in [-0.39, 0.29) is 24.4 Å². The van der Waals surface area contributed by atoms with Gasteiger partial charge in [-0.05, 0) is 25.5 Å². The summed E-state index contributed by atoms with van der Waals surface area (Å²) in [6, 6.07) is 5.30. The Kier molecular flexibility index (Phi) is 5.59. The summed E-state index contributed by atoms with van der Waals surface area (Å²) >= 11 is 0. The number of amides is 1. The van der Waals surface area contributed by atoms with Gasteiger partial charge in [0.2, 0.25) is 0 Å². The molecule has 2 aromatic rings. The van der Waals surface area contributed by atoms with E-state index in [2.05, 4.69) is 15.5 Å². The summed E-state index contributed by atoms with van der Waals surface area (Å²) in [5.41, 5.74) is 6.62. The van der Waals surface area contributed by atoms with Crippen LogP contribution in [0.3, 0.4) is 0 Å². The number of aromatic nitrogens is 2. The van der Waals surface area contributed by atoms with Gasteiger partial charge in [-0.25, -0.2) is 0 Å². The van der Waals surface area contributed by atoms with E-state index in [0.29, 0.717) is 23.7 Å². The maximum Gasteiger partial charge on any atom is 0.271 e. The molecule has 1 amide bonds. The van der Waals surface area contributed by atoms with Crippen molar-refractivity contribution in [3.05, 3.63) is 30.2 Å². The molecule has 0 radical (unpaired) electrons. The van der Waals surface area contributed by atoms with E-state index in [9.17, 15) is 4.79 Å². The molecule has 2 heterocycles. The minimum absolute atomic E-state index is 0. The molecule has 7 heteroatoms. The van der Waals surface area contributed by atoms with Gasteiger partial charge in [-0.1, -0.05) is 0 Å². The molecule has 0 aliphatic carbocycles. The minimum Gasteiger partial charge on any atom is -0.463 e. The Labute approximate surface area is 117 Å². The third kappa shape index (κ3) is 4.11. The van der Waals surface area contributed by atoms with Crippen LogP contribution in [0.4, 0.5) is 0 Å². The quantitative estimate of drug-likeness (QED) is 0.776. The van der Waals surface area contributed by atoms with Crippen molar-refractivity contribution in [3.63, 3.8) is 0 Å². The lowest BCUT2D eigenvalue weighted by Crippen LogP contribution is -2.29. The van der Waals surface area contributed by atoms with Crippen LogP contribution in [0.25, 0.3) is 11.5 Å². The van der Waals surface area contributed by atoms with Crippen LogP contribution in [0, 0.1) is 0 Å². The Balaban J connectivity index is 0.00000180. The zero-order valence-electron chi connectivity index (χ0n) is 10.6. The number of hydrogen-bond donors (Lipinski definition) is 3. The zero-order valence-corrected chi connectivity index (χ0v) is 11.4. The van der Waals surface area contributed by atoms with Crippen molar-refractivity contribution in [3.8, 4) is 11.5 Å². The predicted molar refractivity (Wildman–Crippen MR) is 74.1 cm³/mol. The van der Waals surface area contributed by atoms with E-state index in [1.165, 1.54) is 0 Å². The lowest BCUT2D eigenvalue weighted by Gasteiger charge is -2.05. The molecule has 0 saturated heterocycles. The van der Waals surface area contributed by atoms with Crippen LogP contribution in [0.1, 0.15) is 23.8 Å². The second kappa shape index (κ2) is 6.96. The third-order valence-corrected chi connectivity index (χ3v) is 2.48. The molecule has 4 N–H and O–H groups in total. The summed E-state index contributed by atoms with van der Waals surface area (Å²) in [6.07, 6.45) is 2.31. The normalized spacial score (nSPS) is 11.7. The molecule has 104 valence electrons. The van der Waals surface area contributed by atoms with Gasteiger partial charge in [0.05, 0.1) is 6.26 Å². The van der Waals surface area contributed by atoms with Gasteiger partial charge in [-0.15, -0.1) is 12.4 Å². The smallest absolute Gasteiger partial charge is 0.271 e. The molecule has 6 nitrogen and oxygen atoms in total. The van der Waals surface area contributed by atoms with Crippen molar-refractivity contribution in [1.29, 1.82) is 0 Å². The molecule has 1 atom stereocenters. The SMILES string of the molecule is CC(N)CCNC(=O)c1cc(-c2ccco2)[nH]n1.Cl. The van der Waals surface area contributed by atoms with Crippen LogP contribution in [-0.2, 0) is 0 Å². The Hall–Kier alpha value is -1.79. The van der Waals surface area contributed by atoms with Gasteiger partial charge in [0.25, 0.3) is 5.91 Å². The highest BCUT2D eigenvalue weighted by Crippen LogP contribution is 2.17. The van der Waals surface area contributed by atoms with Crippen LogP contribution in [0.5, 0.6) is 0 Å². The number of nitrogens with zero attached hydrogens (tertiary/aromatic N) is 1. The molecule has 0 aromatic carbocycles. The molecule has 0 bridgehead atoms. The molecule has 0 fully saturated rings. The van der Waals surface area contributed by atoms with Crippen molar-refractivity contribution in [2.75, 3.05) is 6.54 Å². The van der Waals surface area contributed by atoms with E-state index in [1.807, 2.05) is 6.92 Å². The number of nitrogens with one attached hydrogen (secondary N) is 2. The van der Waals surface area contributed by atoms with E-state index >= 15 is 0 Å². The largest absolute Gasteiger partial charge is 0.463 e. The van der Waals surface area contributed by atoms with E-state index < -0.39 is 0 Å². The number of H-pyrrole nitrogens is 1. The lowest BCUT2D eigenvalue weighted by atomic mass is 10.2. The topological polar surface area (TPSA) is 96.9 Å². The average Bonchev–Trinajstić information content (AvgIpc) is 2.99. The first-order valence-corrected chi connectivity index (χ1v) is 5.80. The van der Waals surface area contributed by atoms with Gasteiger partial charge >= 0.3 is 0 Å². The zero-order chi connectivity index (χ0) is 13.0. The van der Waals surface area contributed by atoms with Crippen LogP contribution >= 0.6 is 12.4 Å². The third-order valence-electron chi connectivity index (χ3n) is 2.48. The molecule has 2 aromatic heterocycles. The molecule has 2 rings (SSSR count). The maximum atomic E-state index is 11.7. The number of aromatic amines is 1. The highest BCUT2D eigenvalue weighted by molar-refractivity contribution is 5.93. The van der Waals surface area contributed by atoms with Crippen molar-refractivity contribution in [1.82, 2.24) is 15.5 Å². The monoisotopic (exact) mass is 284 g/mol. The number of nitrogens with two attached hydrogens (primary N) is 1. The first-order chi connectivity index (χ1) is 8.66. The standard InChI is InChI=1S/C12H16N4O2.ClH/c1-8(13)4-5-14-12(17)10-7-9(15-16-10)11-3-2-6-18-11;/h2-3,6-8H,4-5,13H2,1H3,(H,14,17)(H,15,16);1H. The number of carbonyl (C=O) groups is 1.